The van der Waals surface area contributed by atoms with Crippen molar-refractivity contribution in [2.75, 3.05) is 45.9 Å². The van der Waals surface area contributed by atoms with Crippen LogP contribution in [-0.4, -0.2) is 62.5 Å². The van der Waals surface area contributed by atoms with Gasteiger partial charge in [-0.05, 0) is 43.8 Å². The summed E-state index contributed by atoms with van der Waals surface area (Å²) in [5.74, 6) is -0.702. The van der Waals surface area contributed by atoms with Crippen molar-refractivity contribution in [1.29, 1.82) is 0 Å². The summed E-state index contributed by atoms with van der Waals surface area (Å²) in [5.41, 5.74) is 2.57. The number of allylic oxidation sites excluding steroid dienone is 1. The third-order valence-electron chi connectivity index (χ3n) is 4.43. The normalized spacial score (nSPS) is 16.5. The summed E-state index contributed by atoms with van der Waals surface area (Å²) in [5, 5.41) is 6.51. The second-order valence-electron chi connectivity index (χ2n) is 6.36. The van der Waals surface area contributed by atoms with Crippen molar-refractivity contribution in [3.8, 4) is 0 Å². The van der Waals surface area contributed by atoms with Gasteiger partial charge in [0.15, 0.2) is 5.11 Å². The predicted molar refractivity (Wildman–Crippen MR) is 113 cm³/mol. The Morgan fingerprint density at radius 2 is 2.00 bits per heavy atom. The lowest BCUT2D eigenvalue weighted by Gasteiger charge is -2.37. The topological polar surface area (TPSA) is 89.1 Å². The average Bonchev–Trinajstić information content (AvgIpc) is 2.68. The summed E-state index contributed by atoms with van der Waals surface area (Å²) in [6.07, 6.45) is 0. The molecular weight excluding hydrogens is 394 g/mol. The van der Waals surface area contributed by atoms with Gasteiger partial charge in [0.1, 0.15) is 13.2 Å². The maximum atomic E-state index is 12.9. The van der Waals surface area contributed by atoms with Crippen LogP contribution >= 0.6 is 12.2 Å². The highest BCUT2D eigenvalue weighted by Crippen LogP contribution is 2.32. The third kappa shape index (κ3) is 5.75. The first-order valence-corrected chi connectivity index (χ1v) is 9.67. The molecule has 1 heterocycles. The number of anilines is 1. The van der Waals surface area contributed by atoms with Crippen LogP contribution < -0.4 is 10.6 Å². The van der Waals surface area contributed by atoms with Gasteiger partial charge < -0.3 is 29.7 Å². The molecule has 9 heteroatoms. The van der Waals surface area contributed by atoms with E-state index in [4.69, 9.17) is 26.4 Å². The summed E-state index contributed by atoms with van der Waals surface area (Å²) >= 11 is 5.49. The zero-order chi connectivity index (χ0) is 21.4. The molecule has 0 radical (unpaired) electrons. The quantitative estimate of drug-likeness (QED) is 0.356. The number of amides is 1. The first-order valence-electron chi connectivity index (χ1n) is 9.26. The molecule has 1 atom stereocenters. The van der Waals surface area contributed by atoms with Crippen molar-refractivity contribution >= 4 is 34.9 Å². The number of ether oxygens (including phenoxy) is 3. The number of nitrogens with one attached hydrogen (secondary N) is 2. The second-order valence-corrected chi connectivity index (χ2v) is 6.75. The minimum atomic E-state index is -0.500. The monoisotopic (exact) mass is 421 g/mol. The van der Waals surface area contributed by atoms with Crippen LogP contribution in [0.1, 0.15) is 25.5 Å². The molecule has 2 rings (SSSR count). The lowest BCUT2D eigenvalue weighted by Crippen LogP contribution is -2.47. The van der Waals surface area contributed by atoms with Crippen LogP contribution in [0.3, 0.4) is 0 Å². The lowest BCUT2D eigenvalue weighted by atomic mass is 9.94. The molecule has 8 nitrogen and oxygen atoms in total. The zero-order valence-electron chi connectivity index (χ0n) is 17.1. The third-order valence-corrected chi connectivity index (χ3v) is 4.77. The van der Waals surface area contributed by atoms with E-state index in [9.17, 15) is 9.59 Å². The molecule has 0 saturated carbocycles. The summed E-state index contributed by atoms with van der Waals surface area (Å²) in [6, 6.07) is 6.73. The van der Waals surface area contributed by atoms with Crippen LogP contribution in [0.2, 0.25) is 0 Å². The standard InChI is InChI=1S/C20H27N3O5S/c1-5-23-13(2)17(19(25)28-10-9-26-3)18(22-20(23)29)14-7-6-8-15(11-14)21-16(24)12-27-4/h6-8,11,18H,5,9-10,12H2,1-4H3,(H,21,24)(H,22,29)/t18-/m0/s1. The van der Waals surface area contributed by atoms with Gasteiger partial charge in [0, 0.05) is 32.1 Å². The maximum absolute atomic E-state index is 12.9. The SMILES string of the molecule is CCN1C(=S)N[C@@H](c2cccc(NC(=O)COC)c2)C(C(=O)OCCOC)=C1C. The summed E-state index contributed by atoms with van der Waals surface area (Å²) in [4.78, 5) is 26.5. The van der Waals surface area contributed by atoms with Crippen molar-refractivity contribution in [3.05, 3.63) is 41.1 Å². The van der Waals surface area contributed by atoms with E-state index in [1.54, 1.807) is 25.3 Å². The van der Waals surface area contributed by atoms with Crippen molar-refractivity contribution in [2.24, 2.45) is 0 Å². The van der Waals surface area contributed by atoms with Gasteiger partial charge in [0.05, 0.1) is 18.2 Å². The first kappa shape index (κ1) is 22.8. The van der Waals surface area contributed by atoms with Crippen molar-refractivity contribution in [3.63, 3.8) is 0 Å². The number of hydrogen-bond donors (Lipinski definition) is 2. The number of thiocarbonyl (C=S) groups is 1. The van der Waals surface area contributed by atoms with Gasteiger partial charge in [-0.25, -0.2) is 4.79 Å². The van der Waals surface area contributed by atoms with E-state index in [0.29, 0.717) is 29.5 Å². The molecule has 1 amide bonds. The lowest BCUT2D eigenvalue weighted by molar-refractivity contribution is -0.140. The van der Waals surface area contributed by atoms with Crippen molar-refractivity contribution in [2.45, 2.75) is 19.9 Å². The van der Waals surface area contributed by atoms with Gasteiger partial charge in [-0.15, -0.1) is 0 Å². The van der Waals surface area contributed by atoms with E-state index in [2.05, 4.69) is 10.6 Å². The Bertz CT molecular complexity index is 796. The fraction of sp³-hybridized carbons (Fsp3) is 0.450. The second kappa shape index (κ2) is 10.9. The molecule has 29 heavy (non-hydrogen) atoms. The van der Waals surface area contributed by atoms with E-state index in [-0.39, 0.29) is 19.1 Å². The van der Waals surface area contributed by atoms with Gasteiger partial charge in [-0.1, -0.05) is 12.1 Å². The Hall–Kier alpha value is -2.49. The Balaban J connectivity index is 2.37. The highest BCUT2D eigenvalue weighted by Gasteiger charge is 2.34. The largest absolute Gasteiger partial charge is 0.460 e. The number of esters is 1. The molecule has 0 aromatic heterocycles. The van der Waals surface area contributed by atoms with Crippen LogP contribution in [0.25, 0.3) is 0 Å². The van der Waals surface area contributed by atoms with Gasteiger partial charge in [0.2, 0.25) is 5.91 Å². The number of rotatable bonds is 9. The fourth-order valence-corrected chi connectivity index (χ4v) is 3.48. The number of nitrogens with zero attached hydrogens (tertiary/aromatic N) is 1. The van der Waals surface area contributed by atoms with Gasteiger partial charge in [0.25, 0.3) is 0 Å². The minimum absolute atomic E-state index is 0.0441. The summed E-state index contributed by atoms with van der Waals surface area (Å²) in [6.45, 7) is 4.85. The van der Waals surface area contributed by atoms with Crippen molar-refractivity contribution in [1.82, 2.24) is 10.2 Å². The molecule has 2 N–H and O–H groups in total. The summed E-state index contributed by atoms with van der Waals surface area (Å²) < 4.78 is 15.2. The van der Waals surface area contributed by atoms with E-state index in [1.807, 2.05) is 24.8 Å². The molecule has 0 aliphatic carbocycles. The Morgan fingerprint density at radius 3 is 2.66 bits per heavy atom. The molecular formula is C20H27N3O5S. The van der Waals surface area contributed by atoms with Crippen LogP contribution in [-0.2, 0) is 23.8 Å². The van der Waals surface area contributed by atoms with E-state index < -0.39 is 12.0 Å². The predicted octanol–water partition coefficient (Wildman–Crippen LogP) is 1.99. The van der Waals surface area contributed by atoms with Gasteiger partial charge in [-0.2, -0.15) is 0 Å². The smallest absolute Gasteiger partial charge is 0.338 e. The van der Waals surface area contributed by atoms with E-state index in [0.717, 1.165) is 11.3 Å². The van der Waals surface area contributed by atoms with Crippen LogP contribution in [0.15, 0.2) is 35.5 Å². The molecule has 0 unspecified atom stereocenters. The van der Waals surface area contributed by atoms with E-state index >= 15 is 0 Å². The zero-order valence-corrected chi connectivity index (χ0v) is 17.9. The molecule has 0 bridgehead atoms. The fourth-order valence-electron chi connectivity index (χ4n) is 3.10. The van der Waals surface area contributed by atoms with Crippen LogP contribution in [0.5, 0.6) is 0 Å². The number of hydrogen-bond acceptors (Lipinski definition) is 6. The Morgan fingerprint density at radius 1 is 1.24 bits per heavy atom. The van der Waals surface area contributed by atoms with Crippen LogP contribution in [0.4, 0.5) is 5.69 Å². The molecule has 158 valence electrons. The number of benzene rings is 1. The first-order chi connectivity index (χ1) is 13.9. The van der Waals surface area contributed by atoms with Crippen LogP contribution in [0, 0.1) is 0 Å². The van der Waals surface area contributed by atoms with Gasteiger partial charge in [-0.3, -0.25) is 4.79 Å². The Labute approximate surface area is 176 Å². The molecule has 0 spiro atoms. The van der Waals surface area contributed by atoms with Crippen molar-refractivity contribution < 1.29 is 23.8 Å². The summed E-state index contributed by atoms with van der Waals surface area (Å²) in [7, 11) is 3.00. The number of methoxy groups -OCH3 is 2. The Kier molecular flexibility index (Phi) is 8.56. The molecule has 0 saturated heterocycles. The molecule has 1 aliphatic rings. The minimum Gasteiger partial charge on any atom is -0.460 e. The molecule has 0 fully saturated rings. The molecule has 1 aromatic rings. The molecule has 1 aliphatic heterocycles. The van der Waals surface area contributed by atoms with E-state index in [1.165, 1.54) is 7.11 Å². The number of carbonyl (C=O) groups is 2. The average molecular weight is 422 g/mol. The maximum Gasteiger partial charge on any atom is 0.338 e. The number of carbonyl (C=O) groups excluding carboxylic acids is 2. The molecule has 1 aromatic carbocycles. The van der Waals surface area contributed by atoms with Gasteiger partial charge >= 0.3 is 5.97 Å². The highest BCUT2D eigenvalue weighted by molar-refractivity contribution is 7.80. The highest BCUT2D eigenvalue weighted by atomic mass is 32.1.